The maximum Gasteiger partial charge on any atom is 0.171 e. The van der Waals surface area contributed by atoms with Crippen LogP contribution in [-0.2, 0) is 4.57 Å². The summed E-state index contributed by atoms with van der Waals surface area (Å²) in [6.45, 7) is 0. The number of fused-ring (bicyclic) bond motifs is 3. The summed E-state index contributed by atoms with van der Waals surface area (Å²) in [4.78, 5) is 0. The maximum atomic E-state index is 15.5. The van der Waals surface area contributed by atoms with Crippen LogP contribution in [0.2, 0.25) is 0 Å². The largest absolute Gasteiger partial charge is 0.309 e. The number of benzene rings is 8. The van der Waals surface area contributed by atoms with E-state index >= 15 is 4.57 Å². The first-order valence-electron chi connectivity index (χ1n) is 15.0. The van der Waals surface area contributed by atoms with Crippen LogP contribution in [0.15, 0.2) is 176 Å². The summed E-state index contributed by atoms with van der Waals surface area (Å²) in [7, 11) is -3.18. The SMILES string of the molecule is O=P(c1ccccc1)(c1ccccc1)c1ccc2c(-c3ccccc3)c3cc4ccccc4cc3c(-c3ccccc3)c2c1. The van der Waals surface area contributed by atoms with Gasteiger partial charge in [0.05, 0.1) is 0 Å². The van der Waals surface area contributed by atoms with Crippen molar-refractivity contribution in [3.63, 3.8) is 0 Å². The van der Waals surface area contributed by atoms with E-state index in [1.807, 2.05) is 60.7 Å². The Morgan fingerprint density at radius 1 is 0.318 bits per heavy atom. The summed E-state index contributed by atoms with van der Waals surface area (Å²) in [5.74, 6) is 0. The van der Waals surface area contributed by atoms with E-state index in [-0.39, 0.29) is 0 Å². The highest BCUT2D eigenvalue weighted by Crippen LogP contribution is 2.48. The molecule has 0 aliphatic carbocycles. The third kappa shape index (κ3) is 4.29. The first-order valence-corrected chi connectivity index (χ1v) is 16.7. The van der Waals surface area contributed by atoms with Gasteiger partial charge in [-0.15, -0.1) is 0 Å². The summed E-state index contributed by atoms with van der Waals surface area (Å²) in [5.41, 5.74) is 4.67. The lowest BCUT2D eigenvalue weighted by molar-refractivity contribution is 0.592. The topological polar surface area (TPSA) is 17.1 Å². The van der Waals surface area contributed by atoms with Crippen LogP contribution in [0.1, 0.15) is 0 Å². The van der Waals surface area contributed by atoms with Crippen molar-refractivity contribution < 1.29 is 4.57 Å². The van der Waals surface area contributed by atoms with Gasteiger partial charge in [0.2, 0.25) is 0 Å². The Labute approximate surface area is 257 Å². The Hall–Kier alpha value is -5.23. The molecule has 0 aliphatic heterocycles. The zero-order chi connectivity index (χ0) is 29.5. The summed E-state index contributed by atoms with van der Waals surface area (Å²) < 4.78 is 15.5. The van der Waals surface area contributed by atoms with Gasteiger partial charge in [-0.3, -0.25) is 0 Å². The van der Waals surface area contributed by atoms with Crippen LogP contribution in [0.3, 0.4) is 0 Å². The second-order valence-corrected chi connectivity index (χ2v) is 14.0. The van der Waals surface area contributed by atoms with E-state index in [0.717, 1.165) is 37.8 Å². The first-order chi connectivity index (χ1) is 21.7. The molecule has 8 aromatic carbocycles. The van der Waals surface area contributed by atoms with E-state index in [1.165, 1.54) is 32.7 Å². The molecule has 8 aromatic rings. The van der Waals surface area contributed by atoms with Crippen LogP contribution in [0.25, 0.3) is 54.6 Å². The van der Waals surface area contributed by atoms with Gasteiger partial charge in [-0.25, -0.2) is 0 Å². The molecular formula is C42H29OP. The Morgan fingerprint density at radius 3 is 1.18 bits per heavy atom. The lowest BCUT2D eigenvalue weighted by Gasteiger charge is -2.23. The quantitative estimate of drug-likeness (QED) is 0.146. The van der Waals surface area contributed by atoms with E-state index in [2.05, 4.69) is 115 Å². The van der Waals surface area contributed by atoms with E-state index in [0.29, 0.717) is 0 Å². The number of hydrogen-bond donors (Lipinski definition) is 0. The Balaban J connectivity index is 1.56. The Kier molecular flexibility index (Phi) is 6.48. The molecule has 2 heteroatoms. The molecule has 44 heavy (non-hydrogen) atoms. The third-order valence-electron chi connectivity index (χ3n) is 8.69. The molecule has 0 aromatic heterocycles. The van der Waals surface area contributed by atoms with Crippen molar-refractivity contribution in [2.24, 2.45) is 0 Å². The van der Waals surface area contributed by atoms with Gasteiger partial charge in [0.15, 0.2) is 7.14 Å². The molecule has 0 atom stereocenters. The van der Waals surface area contributed by atoms with Crippen LogP contribution >= 0.6 is 7.14 Å². The van der Waals surface area contributed by atoms with Crippen molar-refractivity contribution in [1.29, 1.82) is 0 Å². The van der Waals surface area contributed by atoms with Gasteiger partial charge in [0.1, 0.15) is 0 Å². The van der Waals surface area contributed by atoms with E-state index in [9.17, 15) is 0 Å². The molecule has 208 valence electrons. The highest BCUT2D eigenvalue weighted by atomic mass is 31.2. The van der Waals surface area contributed by atoms with Gasteiger partial charge < -0.3 is 4.57 Å². The van der Waals surface area contributed by atoms with Crippen LogP contribution in [-0.4, -0.2) is 0 Å². The highest BCUT2D eigenvalue weighted by molar-refractivity contribution is 7.85. The Bertz CT molecular complexity index is 2280. The molecule has 0 saturated carbocycles. The zero-order valence-corrected chi connectivity index (χ0v) is 25.0. The molecule has 0 fully saturated rings. The molecule has 0 N–H and O–H groups in total. The first kappa shape index (κ1) is 26.4. The van der Waals surface area contributed by atoms with Gasteiger partial charge in [-0.2, -0.15) is 0 Å². The monoisotopic (exact) mass is 580 g/mol. The van der Waals surface area contributed by atoms with E-state index < -0.39 is 7.14 Å². The summed E-state index contributed by atoms with van der Waals surface area (Å²) in [6, 6.07) is 60.9. The van der Waals surface area contributed by atoms with Crippen LogP contribution in [0, 0.1) is 0 Å². The molecule has 0 spiro atoms. The molecule has 1 nitrogen and oxygen atoms in total. The Morgan fingerprint density at radius 2 is 0.705 bits per heavy atom. The van der Waals surface area contributed by atoms with Crippen LogP contribution < -0.4 is 15.9 Å². The normalized spacial score (nSPS) is 11.7. The predicted octanol–water partition coefficient (Wildman–Crippen LogP) is 10.1. The minimum absolute atomic E-state index is 0.832. The lowest BCUT2D eigenvalue weighted by atomic mass is 9.85. The summed E-state index contributed by atoms with van der Waals surface area (Å²) in [6.07, 6.45) is 0. The van der Waals surface area contributed by atoms with Crippen LogP contribution in [0.5, 0.6) is 0 Å². The predicted molar refractivity (Wildman–Crippen MR) is 189 cm³/mol. The standard InChI is InChI=1S/C42H29OP/c43-44(34-21-9-3-10-22-34,35-23-11-4-12-24-35)36-25-26-37-40(29-36)42(31-17-7-2-8-18-31)39-28-33-20-14-13-19-32(33)27-38(39)41(37)30-15-5-1-6-16-30/h1-29H. The minimum atomic E-state index is -3.18. The van der Waals surface area contributed by atoms with Crippen molar-refractivity contribution >= 4 is 55.4 Å². The van der Waals surface area contributed by atoms with Gasteiger partial charge in [0.25, 0.3) is 0 Å². The lowest BCUT2D eigenvalue weighted by Crippen LogP contribution is -2.25. The second kappa shape index (κ2) is 10.8. The van der Waals surface area contributed by atoms with Crippen LogP contribution in [0.4, 0.5) is 0 Å². The summed E-state index contributed by atoms with van der Waals surface area (Å²) >= 11 is 0. The molecule has 0 unspecified atom stereocenters. The van der Waals surface area contributed by atoms with Crippen molar-refractivity contribution in [2.45, 2.75) is 0 Å². The van der Waals surface area contributed by atoms with E-state index in [1.54, 1.807) is 0 Å². The van der Waals surface area contributed by atoms with Crippen molar-refractivity contribution in [3.8, 4) is 22.3 Å². The minimum Gasteiger partial charge on any atom is -0.309 e. The van der Waals surface area contributed by atoms with Crippen molar-refractivity contribution in [1.82, 2.24) is 0 Å². The average Bonchev–Trinajstić information content (AvgIpc) is 3.10. The van der Waals surface area contributed by atoms with Gasteiger partial charge in [-0.05, 0) is 72.8 Å². The highest BCUT2D eigenvalue weighted by Gasteiger charge is 2.30. The van der Waals surface area contributed by atoms with Gasteiger partial charge in [-0.1, -0.05) is 158 Å². The molecular weight excluding hydrogens is 551 g/mol. The molecule has 0 aliphatic rings. The summed E-state index contributed by atoms with van der Waals surface area (Å²) in [5, 5.41) is 9.56. The zero-order valence-electron chi connectivity index (χ0n) is 24.1. The molecule has 0 radical (unpaired) electrons. The number of hydrogen-bond acceptors (Lipinski definition) is 1. The van der Waals surface area contributed by atoms with Crippen molar-refractivity contribution in [2.75, 3.05) is 0 Å². The van der Waals surface area contributed by atoms with Gasteiger partial charge in [0, 0.05) is 15.9 Å². The van der Waals surface area contributed by atoms with Crippen molar-refractivity contribution in [3.05, 3.63) is 176 Å². The fraction of sp³-hybridized carbons (Fsp3) is 0. The molecule has 0 amide bonds. The number of rotatable bonds is 5. The maximum absolute atomic E-state index is 15.5. The smallest absolute Gasteiger partial charge is 0.171 e. The average molecular weight is 581 g/mol. The second-order valence-electron chi connectivity index (χ2n) is 11.2. The molecule has 0 bridgehead atoms. The molecule has 8 rings (SSSR count). The van der Waals surface area contributed by atoms with E-state index in [4.69, 9.17) is 0 Å². The fourth-order valence-corrected chi connectivity index (χ4v) is 9.33. The molecule has 0 saturated heterocycles. The fourth-order valence-electron chi connectivity index (χ4n) is 6.65. The van der Waals surface area contributed by atoms with Gasteiger partial charge >= 0.3 is 0 Å². The third-order valence-corrected chi connectivity index (χ3v) is 11.8. The molecule has 0 heterocycles.